The Bertz CT molecular complexity index is 1460. The van der Waals surface area contributed by atoms with Crippen molar-refractivity contribution in [2.75, 3.05) is 32.2 Å². The lowest BCUT2D eigenvalue weighted by molar-refractivity contribution is 0.0962. The zero-order valence-electron chi connectivity index (χ0n) is 22.4. The number of hydrogen-bond donors (Lipinski definition) is 1. The maximum Gasteiger partial charge on any atom is 0.332 e. The highest BCUT2D eigenvalue weighted by atomic mass is 35.5. The van der Waals surface area contributed by atoms with Gasteiger partial charge in [0.15, 0.2) is 16.9 Å². The summed E-state index contributed by atoms with van der Waals surface area (Å²) in [5.41, 5.74) is 6.78. The van der Waals surface area contributed by atoms with Gasteiger partial charge in [0.2, 0.25) is 5.95 Å². The second-order valence-electron chi connectivity index (χ2n) is 9.52. The van der Waals surface area contributed by atoms with Gasteiger partial charge in [-0.05, 0) is 38.8 Å². The summed E-state index contributed by atoms with van der Waals surface area (Å²) in [6.07, 6.45) is 3.82. The van der Waals surface area contributed by atoms with Crippen LogP contribution in [0.15, 0.2) is 39.4 Å². The van der Waals surface area contributed by atoms with E-state index in [2.05, 4.69) is 4.90 Å². The summed E-state index contributed by atoms with van der Waals surface area (Å²) in [5, 5.41) is 0. The van der Waals surface area contributed by atoms with E-state index in [0.717, 1.165) is 29.5 Å². The van der Waals surface area contributed by atoms with Gasteiger partial charge in [0.1, 0.15) is 17.1 Å². The van der Waals surface area contributed by atoms with Gasteiger partial charge in [-0.3, -0.25) is 18.7 Å². The minimum Gasteiger partial charge on any atom is -0.496 e. The van der Waals surface area contributed by atoms with Crippen molar-refractivity contribution in [2.24, 2.45) is 12.8 Å². The lowest BCUT2D eigenvalue weighted by Crippen LogP contribution is -2.44. The molecule has 0 aliphatic carbocycles. The maximum absolute atomic E-state index is 13.8. The predicted molar refractivity (Wildman–Crippen MR) is 149 cm³/mol. The van der Waals surface area contributed by atoms with E-state index in [9.17, 15) is 14.4 Å². The fourth-order valence-electron chi connectivity index (χ4n) is 4.73. The van der Waals surface area contributed by atoms with Crippen LogP contribution in [0.2, 0.25) is 0 Å². The number of methoxy groups -OCH3 is 2. The van der Waals surface area contributed by atoms with Crippen LogP contribution >= 0.6 is 12.4 Å². The molecule has 1 unspecified atom stereocenters. The molecule has 11 nitrogen and oxygen atoms in total. The number of anilines is 1. The van der Waals surface area contributed by atoms with E-state index >= 15 is 0 Å². The molecule has 0 bridgehead atoms. The Morgan fingerprint density at radius 1 is 1.16 bits per heavy atom. The molecule has 206 valence electrons. The summed E-state index contributed by atoms with van der Waals surface area (Å²) in [6.45, 7) is 5.22. The summed E-state index contributed by atoms with van der Waals surface area (Å²) < 4.78 is 14.8. The molecule has 0 radical (unpaired) electrons. The molecule has 0 amide bonds. The van der Waals surface area contributed by atoms with E-state index in [1.807, 2.05) is 24.5 Å². The monoisotopic (exact) mass is 546 g/mol. The van der Waals surface area contributed by atoms with Gasteiger partial charge in [-0.15, -0.1) is 12.4 Å². The second-order valence-corrected chi connectivity index (χ2v) is 9.52. The summed E-state index contributed by atoms with van der Waals surface area (Å²) in [7, 11) is 4.44. The highest BCUT2D eigenvalue weighted by Gasteiger charge is 2.27. The number of Topliss-reactive ketones (excluding diaryl/α,β-unsaturated/α-hetero) is 1. The number of halogens is 1. The van der Waals surface area contributed by atoms with Crippen molar-refractivity contribution in [3.63, 3.8) is 0 Å². The largest absolute Gasteiger partial charge is 0.496 e. The zero-order chi connectivity index (χ0) is 26.9. The first-order valence-corrected chi connectivity index (χ1v) is 12.3. The summed E-state index contributed by atoms with van der Waals surface area (Å²) >= 11 is 0. The number of nitrogens with zero attached hydrogens (tertiary/aromatic N) is 5. The summed E-state index contributed by atoms with van der Waals surface area (Å²) in [5.74, 6) is 0.705. The van der Waals surface area contributed by atoms with Crippen molar-refractivity contribution in [3.05, 3.63) is 56.2 Å². The standard InChI is InChI=1S/C26H34N6O5.ClH/c1-16(2)11-13-31-22-23(28-25(31)30-12-7-8-17(27)14-30)29(3)26(35)32(24(22)34)15-18(33)21-19(36-4)9-6-10-20(21)37-5;/h6,9-11,17H,7-8,12-15,27H2,1-5H3;1H. The minimum absolute atomic E-state index is 0. The number of allylic oxidation sites excluding steroid dienone is 2. The number of benzene rings is 1. The minimum atomic E-state index is -0.631. The molecular weight excluding hydrogens is 512 g/mol. The zero-order valence-corrected chi connectivity index (χ0v) is 23.2. The fourth-order valence-corrected chi connectivity index (χ4v) is 4.73. The van der Waals surface area contributed by atoms with Gasteiger partial charge in [0.25, 0.3) is 5.56 Å². The third-order valence-electron chi connectivity index (χ3n) is 6.64. The van der Waals surface area contributed by atoms with Gasteiger partial charge < -0.3 is 24.7 Å². The number of imidazole rings is 1. The highest BCUT2D eigenvalue weighted by molar-refractivity contribution is 6.01. The van der Waals surface area contributed by atoms with E-state index in [-0.39, 0.29) is 35.2 Å². The molecule has 3 aromatic rings. The van der Waals surface area contributed by atoms with Crippen LogP contribution in [0.3, 0.4) is 0 Å². The van der Waals surface area contributed by atoms with Gasteiger partial charge in [-0.1, -0.05) is 17.7 Å². The quantitative estimate of drug-likeness (QED) is 0.336. The third-order valence-corrected chi connectivity index (χ3v) is 6.64. The van der Waals surface area contributed by atoms with Crippen molar-refractivity contribution in [1.82, 2.24) is 18.7 Å². The normalized spacial score (nSPS) is 15.2. The molecule has 1 saturated heterocycles. The topological polar surface area (TPSA) is 127 Å². The molecular formula is C26H35ClN6O5. The number of carbonyl (C=O) groups excluding carboxylic acids is 1. The number of carbonyl (C=O) groups is 1. The molecule has 12 heteroatoms. The van der Waals surface area contributed by atoms with Crippen molar-refractivity contribution in [2.45, 2.75) is 45.8 Å². The summed E-state index contributed by atoms with van der Waals surface area (Å²) in [4.78, 5) is 47.3. The van der Waals surface area contributed by atoms with Crippen molar-refractivity contribution in [1.29, 1.82) is 0 Å². The van der Waals surface area contributed by atoms with E-state index in [4.69, 9.17) is 20.2 Å². The Hall–Kier alpha value is -3.57. The van der Waals surface area contributed by atoms with Crippen LogP contribution in [0.25, 0.3) is 11.2 Å². The van der Waals surface area contributed by atoms with Crippen LogP contribution < -0.4 is 31.4 Å². The van der Waals surface area contributed by atoms with Crippen LogP contribution in [0.4, 0.5) is 5.95 Å². The van der Waals surface area contributed by atoms with Crippen LogP contribution in [0.5, 0.6) is 11.5 Å². The smallest absolute Gasteiger partial charge is 0.332 e. The van der Waals surface area contributed by atoms with Crippen molar-refractivity contribution in [3.8, 4) is 11.5 Å². The molecule has 0 saturated carbocycles. The van der Waals surface area contributed by atoms with Gasteiger partial charge >= 0.3 is 5.69 Å². The molecule has 2 aromatic heterocycles. The molecule has 1 atom stereocenters. The number of fused-ring (bicyclic) bond motifs is 1. The first-order chi connectivity index (χ1) is 17.7. The number of nitrogens with two attached hydrogens (primary N) is 1. The number of ketones is 1. The lowest BCUT2D eigenvalue weighted by atomic mass is 10.1. The van der Waals surface area contributed by atoms with E-state index < -0.39 is 23.6 Å². The average molecular weight is 547 g/mol. The average Bonchev–Trinajstić information content (AvgIpc) is 3.27. The number of hydrogen-bond acceptors (Lipinski definition) is 8. The van der Waals surface area contributed by atoms with E-state index in [1.54, 1.807) is 25.2 Å². The molecule has 4 rings (SSSR count). The first-order valence-electron chi connectivity index (χ1n) is 12.3. The number of piperidine rings is 1. The SMILES string of the molecule is COc1cccc(OC)c1C(=O)Cn1c(=O)c2c(nc(N3CCCC(N)C3)n2CC=C(C)C)n(C)c1=O.Cl. The number of aromatic nitrogens is 4. The molecule has 1 fully saturated rings. The number of rotatable bonds is 8. The van der Waals surface area contributed by atoms with Crippen LogP contribution in [-0.2, 0) is 20.1 Å². The summed E-state index contributed by atoms with van der Waals surface area (Å²) in [6, 6.07) is 4.95. The Balaban J connectivity index is 0.00000400. The van der Waals surface area contributed by atoms with Crippen molar-refractivity contribution >= 4 is 35.3 Å². The van der Waals surface area contributed by atoms with Crippen LogP contribution in [-0.4, -0.2) is 57.8 Å². The molecule has 0 spiro atoms. The first kappa shape index (κ1) is 29.0. The van der Waals surface area contributed by atoms with Gasteiger partial charge in [0, 0.05) is 32.7 Å². The Kier molecular flexibility index (Phi) is 9.05. The predicted octanol–water partition coefficient (Wildman–Crippen LogP) is 2.11. The molecule has 1 aliphatic heterocycles. The molecule has 2 N–H and O–H groups in total. The Morgan fingerprint density at radius 3 is 2.39 bits per heavy atom. The van der Waals surface area contributed by atoms with Gasteiger partial charge in [-0.2, -0.15) is 4.98 Å². The van der Waals surface area contributed by atoms with Crippen LogP contribution in [0.1, 0.15) is 37.0 Å². The van der Waals surface area contributed by atoms with Crippen LogP contribution in [0, 0.1) is 0 Å². The highest BCUT2D eigenvalue weighted by Crippen LogP contribution is 2.29. The second kappa shape index (κ2) is 11.9. The Morgan fingerprint density at radius 2 is 1.82 bits per heavy atom. The van der Waals surface area contributed by atoms with E-state index in [0.29, 0.717) is 30.5 Å². The maximum atomic E-state index is 13.8. The molecule has 1 aliphatic rings. The molecule has 1 aromatic carbocycles. The lowest BCUT2D eigenvalue weighted by Gasteiger charge is -2.31. The molecule has 38 heavy (non-hydrogen) atoms. The van der Waals surface area contributed by atoms with Crippen molar-refractivity contribution < 1.29 is 14.3 Å². The van der Waals surface area contributed by atoms with Gasteiger partial charge in [-0.25, -0.2) is 4.79 Å². The number of ether oxygens (including phenoxy) is 2. The number of aryl methyl sites for hydroxylation is 1. The molecule has 3 heterocycles. The van der Waals surface area contributed by atoms with E-state index in [1.165, 1.54) is 18.8 Å². The third kappa shape index (κ3) is 5.34. The van der Waals surface area contributed by atoms with Gasteiger partial charge in [0.05, 0.1) is 20.8 Å². The fraction of sp³-hybridized carbons (Fsp3) is 0.462. The Labute approximate surface area is 226 Å².